The van der Waals surface area contributed by atoms with Gasteiger partial charge in [0.25, 0.3) is 5.56 Å². The van der Waals surface area contributed by atoms with Crippen molar-refractivity contribution in [2.24, 2.45) is 25.7 Å². The maximum atomic E-state index is 12.8. The molecular weight excluding hydrogens is 412 g/mol. The van der Waals surface area contributed by atoms with Crippen LogP contribution < -0.4 is 17.0 Å². The number of rotatable bonds is 7. The summed E-state index contributed by atoms with van der Waals surface area (Å²) in [5, 5.41) is 7.72. The first kappa shape index (κ1) is 20.2. The zero-order valence-electron chi connectivity index (χ0n) is 16.6. The molecule has 1 aliphatic rings. The predicted molar refractivity (Wildman–Crippen MR) is 109 cm³/mol. The van der Waals surface area contributed by atoms with Crippen molar-refractivity contribution >= 4 is 27.2 Å². The number of aryl methyl sites for hydroxylation is 1. The number of hydrogen-bond acceptors (Lipinski definition) is 8. The molecule has 0 bridgehead atoms. The lowest BCUT2D eigenvalue weighted by atomic mass is 10.4. The Morgan fingerprint density at radius 2 is 1.97 bits per heavy atom. The van der Waals surface area contributed by atoms with Crippen LogP contribution in [0.15, 0.2) is 27.0 Å². The number of sulfone groups is 1. The maximum absolute atomic E-state index is 12.8. The van der Waals surface area contributed by atoms with Gasteiger partial charge in [-0.05, 0) is 18.8 Å². The fourth-order valence-corrected chi connectivity index (χ4v) is 5.13. The van der Waals surface area contributed by atoms with E-state index in [1.807, 2.05) is 0 Å². The van der Waals surface area contributed by atoms with E-state index in [0.717, 1.165) is 17.4 Å². The molecule has 0 aliphatic heterocycles. The summed E-state index contributed by atoms with van der Waals surface area (Å²) in [5.74, 6) is 0.104. The van der Waals surface area contributed by atoms with Crippen molar-refractivity contribution in [1.29, 1.82) is 0 Å². The fourth-order valence-electron chi connectivity index (χ4n) is 3.29. The van der Waals surface area contributed by atoms with Crippen LogP contribution in [0.2, 0.25) is 0 Å². The summed E-state index contributed by atoms with van der Waals surface area (Å²) in [7, 11) is -0.881. The van der Waals surface area contributed by atoms with Crippen molar-refractivity contribution in [3.8, 4) is 0 Å². The lowest BCUT2D eigenvalue weighted by Gasteiger charge is -2.07. The van der Waals surface area contributed by atoms with Gasteiger partial charge in [0.2, 0.25) is 15.0 Å². The van der Waals surface area contributed by atoms with Crippen molar-refractivity contribution in [3.05, 3.63) is 38.8 Å². The van der Waals surface area contributed by atoms with E-state index in [9.17, 15) is 18.0 Å². The van der Waals surface area contributed by atoms with Crippen molar-refractivity contribution in [3.63, 3.8) is 0 Å². The summed E-state index contributed by atoms with van der Waals surface area (Å²) < 4.78 is 30.5. The van der Waals surface area contributed by atoms with Crippen LogP contribution in [0.4, 0.5) is 0 Å². The highest BCUT2D eigenvalue weighted by Crippen LogP contribution is 2.32. The van der Waals surface area contributed by atoms with Gasteiger partial charge < -0.3 is 10.3 Å². The van der Waals surface area contributed by atoms with Crippen molar-refractivity contribution in [2.75, 3.05) is 12.3 Å². The Morgan fingerprint density at radius 3 is 2.63 bits per heavy atom. The van der Waals surface area contributed by atoms with Crippen LogP contribution in [0.25, 0.3) is 17.4 Å². The molecule has 160 valence electrons. The Balaban J connectivity index is 1.86. The summed E-state index contributed by atoms with van der Waals surface area (Å²) >= 11 is 0. The Hall–Kier alpha value is -3.06. The molecule has 30 heavy (non-hydrogen) atoms. The van der Waals surface area contributed by atoms with Crippen molar-refractivity contribution in [1.82, 2.24) is 33.7 Å². The quantitative estimate of drug-likeness (QED) is 0.481. The van der Waals surface area contributed by atoms with Gasteiger partial charge in [-0.15, -0.1) is 5.10 Å². The minimum Gasteiger partial charge on any atom is -0.327 e. The molecule has 3 heterocycles. The minimum absolute atomic E-state index is 0.00650. The number of nitrogens with two attached hydrogens (primary N) is 1. The van der Waals surface area contributed by atoms with Gasteiger partial charge in [0.15, 0.2) is 11.2 Å². The molecule has 0 atom stereocenters. The summed E-state index contributed by atoms with van der Waals surface area (Å²) in [5.41, 5.74) is 4.68. The van der Waals surface area contributed by atoms with E-state index in [1.54, 1.807) is 18.5 Å². The molecule has 4 rings (SSSR count). The highest BCUT2D eigenvalue weighted by atomic mass is 32.2. The monoisotopic (exact) mass is 434 g/mol. The van der Waals surface area contributed by atoms with E-state index in [4.69, 9.17) is 5.73 Å². The minimum atomic E-state index is -3.69. The highest BCUT2D eigenvalue weighted by molar-refractivity contribution is 7.91. The zero-order chi connectivity index (χ0) is 21.6. The van der Waals surface area contributed by atoms with Gasteiger partial charge in [-0.1, -0.05) is 11.3 Å². The van der Waals surface area contributed by atoms with Gasteiger partial charge >= 0.3 is 5.69 Å². The van der Waals surface area contributed by atoms with Gasteiger partial charge in [0, 0.05) is 26.8 Å². The molecule has 0 amide bonds. The van der Waals surface area contributed by atoms with E-state index in [0.29, 0.717) is 12.2 Å². The second-order valence-electron chi connectivity index (χ2n) is 7.39. The van der Waals surface area contributed by atoms with E-state index < -0.39 is 21.1 Å². The van der Waals surface area contributed by atoms with Gasteiger partial charge in [-0.25, -0.2) is 17.9 Å². The molecule has 1 fully saturated rings. The molecule has 0 saturated heterocycles. The van der Waals surface area contributed by atoms with Gasteiger partial charge in [-0.3, -0.25) is 13.9 Å². The summed E-state index contributed by atoms with van der Waals surface area (Å²) in [6, 6.07) is 0. The normalized spacial score (nSPS) is 14.9. The second-order valence-corrected chi connectivity index (χ2v) is 9.32. The summed E-state index contributed by atoms with van der Waals surface area (Å²) in [6.07, 6.45) is 6.64. The van der Waals surface area contributed by atoms with E-state index in [1.165, 1.54) is 27.9 Å². The Morgan fingerprint density at radius 1 is 1.23 bits per heavy atom. The van der Waals surface area contributed by atoms with Crippen LogP contribution >= 0.6 is 0 Å². The standard InChI is InChI=1S/C17H22N8O4S/c1-22-13-14(19-16(22)30(28,29)10-11-4-5-11)25(17(27)23(2)15(13)26)9-12-8-24(21-20-12)7-3-6-18/h3,7-8,11H,4-6,9-10,18H2,1-2H3/b7-3+. The molecule has 3 aromatic rings. The lowest BCUT2D eigenvalue weighted by molar-refractivity contribution is 0.576. The largest absolute Gasteiger partial charge is 0.332 e. The van der Waals surface area contributed by atoms with Crippen LogP contribution in [-0.4, -0.2) is 54.4 Å². The third-order valence-corrected chi connectivity index (χ3v) is 6.85. The number of nitrogens with zero attached hydrogens (tertiary/aromatic N) is 7. The molecule has 12 nitrogen and oxygen atoms in total. The molecule has 1 aliphatic carbocycles. The Labute approximate surface area is 171 Å². The number of fused-ring (bicyclic) bond motifs is 1. The smallest absolute Gasteiger partial charge is 0.327 e. The van der Waals surface area contributed by atoms with Crippen LogP contribution in [0.5, 0.6) is 0 Å². The highest BCUT2D eigenvalue weighted by Gasteiger charge is 2.33. The molecule has 0 radical (unpaired) electrons. The number of imidazole rings is 1. The van der Waals surface area contributed by atoms with E-state index >= 15 is 0 Å². The third kappa shape index (κ3) is 3.50. The predicted octanol–water partition coefficient (Wildman–Crippen LogP) is -1.31. The topological polar surface area (TPSA) is 153 Å². The molecule has 13 heteroatoms. The summed E-state index contributed by atoms with van der Waals surface area (Å²) in [6.45, 7) is 0.307. The van der Waals surface area contributed by atoms with Crippen molar-refractivity contribution in [2.45, 2.75) is 24.5 Å². The Bertz CT molecular complexity index is 1370. The SMILES string of the molecule is Cn1c(=O)c2c(nc(S(=O)(=O)CC3CC3)n2C)n(Cc2cn(/C=C/CN)nn2)c1=O. The first-order chi connectivity index (χ1) is 14.2. The molecule has 3 aromatic heterocycles. The summed E-state index contributed by atoms with van der Waals surface area (Å²) in [4.78, 5) is 29.7. The van der Waals surface area contributed by atoms with E-state index in [2.05, 4.69) is 15.3 Å². The molecule has 0 spiro atoms. The van der Waals surface area contributed by atoms with Crippen LogP contribution in [0.1, 0.15) is 18.5 Å². The van der Waals surface area contributed by atoms with Crippen LogP contribution in [0.3, 0.4) is 0 Å². The van der Waals surface area contributed by atoms with Gasteiger partial charge in [0.05, 0.1) is 18.5 Å². The number of hydrogen-bond donors (Lipinski definition) is 1. The first-order valence-corrected chi connectivity index (χ1v) is 11.0. The molecule has 0 unspecified atom stereocenters. The van der Waals surface area contributed by atoms with Crippen LogP contribution in [0, 0.1) is 5.92 Å². The number of aromatic nitrogens is 7. The Kier molecular flexibility index (Phi) is 4.94. The van der Waals surface area contributed by atoms with Gasteiger partial charge in [-0.2, -0.15) is 4.98 Å². The molecule has 1 saturated carbocycles. The first-order valence-electron chi connectivity index (χ1n) is 9.39. The average molecular weight is 434 g/mol. The third-order valence-electron chi connectivity index (χ3n) is 5.02. The molecule has 0 aromatic carbocycles. The fraction of sp³-hybridized carbons (Fsp3) is 0.471. The van der Waals surface area contributed by atoms with E-state index in [-0.39, 0.29) is 34.5 Å². The molecular formula is C17H22N8O4S. The zero-order valence-corrected chi connectivity index (χ0v) is 17.4. The van der Waals surface area contributed by atoms with Gasteiger partial charge in [0.1, 0.15) is 5.69 Å². The second kappa shape index (κ2) is 7.32. The lowest BCUT2D eigenvalue weighted by Crippen LogP contribution is -2.39. The maximum Gasteiger partial charge on any atom is 0.332 e. The molecule has 2 N–H and O–H groups in total. The van der Waals surface area contributed by atoms with Crippen molar-refractivity contribution < 1.29 is 8.42 Å². The van der Waals surface area contributed by atoms with Crippen LogP contribution in [-0.2, 0) is 30.5 Å². The average Bonchev–Trinajstić information content (AvgIpc) is 3.26.